The molecule has 0 aliphatic heterocycles. The van der Waals surface area contributed by atoms with Crippen LogP contribution in [-0.4, -0.2) is 51.6 Å². The molecule has 0 aromatic heterocycles. The molecule has 0 heterocycles. The summed E-state index contributed by atoms with van der Waals surface area (Å²) in [6, 6.07) is 7.39. The predicted octanol–water partition coefficient (Wildman–Crippen LogP) is 1.57. The monoisotopic (exact) mass is 279 g/mol. The van der Waals surface area contributed by atoms with Crippen molar-refractivity contribution in [3.8, 4) is 5.75 Å². The normalized spacial score (nSPS) is 10.6. The molecule has 112 valence electrons. The number of para-hydroxylation sites is 2. The smallest absolute Gasteiger partial charge is 0.238 e. The van der Waals surface area contributed by atoms with Gasteiger partial charge < -0.3 is 20.3 Å². The second kappa shape index (κ2) is 9.34. The van der Waals surface area contributed by atoms with Crippen LogP contribution >= 0.6 is 0 Å². The topological polar surface area (TPSA) is 53.6 Å². The van der Waals surface area contributed by atoms with Crippen LogP contribution in [0.2, 0.25) is 0 Å². The number of carbonyl (C=O) groups is 1. The number of methoxy groups -OCH3 is 1. The molecule has 5 heteroatoms. The summed E-state index contributed by atoms with van der Waals surface area (Å²) >= 11 is 0. The number of anilines is 1. The number of unbranched alkanes of at least 4 members (excludes halogenated alkanes) is 1. The molecule has 1 amide bonds. The zero-order valence-electron chi connectivity index (χ0n) is 12.6. The van der Waals surface area contributed by atoms with Crippen LogP contribution in [0.15, 0.2) is 24.3 Å². The molecule has 0 saturated carbocycles. The Balaban J connectivity index is 2.20. The Kier molecular flexibility index (Phi) is 7.69. The fourth-order valence-electron chi connectivity index (χ4n) is 1.82. The van der Waals surface area contributed by atoms with Crippen LogP contribution in [0.1, 0.15) is 12.8 Å². The Bertz CT molecular complexity index is 408. The van der Waals surface area contributed by atoms with Crippen molar-refractivity contribution < 1.29 is 9.53 Å². The average molecular weight is 279 g/mol. The fourth-order valence-corrected chi connectivity index (χ4v) is 1.82. The van der Waals surface area contributed by atoms with Crippen molar-refractivity contribution in [1.82, 2.24) is 10.2 Å². The zero-order valence-corrected chi connectivity index (χ0v) is 12.6. The number of nitrogens with one attached hydrogen (secondary N) is 2. The van der Waals surface area contributed by atoms with E-state index in [4.69, 9.17) is 4.74 Å². The van der Waals surface area contributed by atoms with E-state index in [-0.39, 0.29) is 5.91 Å². The van der Waals surface area contributed by atoms with Crippen LogP contribution in [0.4, 0.5) is 5.69 Å². The van der Waals surface area contributed by atoms with Gasteiger partial charge in [-0.3, -0.25) is 4.79 Å². The van der Waals surface area contributed by atoms with Gasteiger partial charge in [-0.05, 0) is 52.2 Å². The molecule has 0 aliphatic carbocycles. The summed E-state index contributed by atoms with van der Waals surface area (Å²) in [5.74, 6) is 0.619. The maximum atomic E-state index is 11.8. The Morgan fingerprint density at radius 1 is 1.25 bits per heavy atom. The molecule has 1 rings (SSSR count). The SMILES string of the molecule is COc1ccccc1NC(=O)CNCCCCN(C)C. The Morgan fingerprint density at radius 2 is 2.00 bits per heavy atom. The molecule has 0 fully saturated rings. The van der Waals surface area contributed by atoms with E-state index < -0.39 is 0 Å². The van der Waals surface area contributed by atoms with E-state index in [1.54, 1.807) is 7.11 Å². The van der Waals surface area contributed by atoms with Gasteiger partial charge in [-0.2, -0.15) is 0 Å². The summed E-state index contributed by atoms with van der Waals surface area (Å²) in [7, 11) is 5.72. The lowest BCUT2D eigenvalue weighted by Gasteiger charge is -2.11. The van der Waals surface area contributed by atoms with Gasteiger partial charge in [0.2, 0.25) is 5.91 Å². The fraction of sp³-hybridized carbons (Fsp3) is 0.533. The first kappa shape index (κ1) is 16.5. The molecule has 2 N–H and O–H groups in total. The molecule has 0 atom stereocenters. The van der Waals surface area contributed by atoms with Crippen molar-refractivity contribution in [2.45, 2.75) is 12.8 Å². The van der Waals surface area contributed by atoms with Gasteiger partial charge in [0.1, 0.15) is 5.75 Å². The summed E-state index contributed by atoms with van der Waals surface area (Å²) in [6.07, 6.45) is 2.20. The van der Waals surface area contributed by atoms with E-state index >= 15 is 0 Å². The van der Waals surface area contributed by atoms with Gasteiger partial charge in [0.25, 0.3) is 0 Å². The van der Waals surface area contributed by atoms with E-state index in [1.165, 1.54) is 0 Å². The van der Waals surface area contributed by atoms with Crippen molar-refractivity contribution in [3.63, 3.8) is 0 Å². The van der Waals surface area contributed by atoms with Crippen molar-refractivity contribution in [1.29, 1.82) is 0 Å². The van der Waals surface area contributed by atoms with Crippen LogP contribution in [0.3, 0.4) is 0 Å². The Labute approximate surface area is 121 Å². The summed E-state index contributed by atoms with van der Waals surface area (Å²) in [4.78, 5) is 13.9. The van der Waals surface area contributed by atoms with Crippen LogP contribution in [0.25, 0.3) is 0 Å². The van der Waals surface area contributed by atoms with Gasteiger partial charge in [0, 0.05) is 0 Å². The molecule has 20 heavy (non-hydrogen) atoms. The second-order valence-electron chi connectivity index (χ2n) is 4.94. The summed E-state index contributed by atoms with van der Waals surface area (Å²) in [5, 5.41) is 5.98. The molecule has 0 spiro atoms. The number of nitrogens with zero attached hydrogens (tertiary/aromatic N) is 1. The van der Waals surface area contributed by atoms with E-state index in [1.807, 2.05) is 24.3 Å². The molecule has 0 radical (unpaired) electrons. The highest BCUT2D eigenvalue weighted by molar-refractivity contribution is 5.93. The molecule has 0 saturated heterocycles. The van der Waals surface area contributed by atoms with E-state index in [0.717, 1.165) is 25.9 Å². The third-order valence-corrected chi connectivity index (χ3v) is 2.88. The average Bonchev–Trinajstić information content (AvgIpc) is 2.43. The maximum Gasteiger partial charge on any atom is 0.238 e. The maximum absolute atomic E-state index is 11.8. The van der Waals surface area contributed by atoms with Crippen LogP contribution in [-0.2, 0) is 4.79 Å². The van der Waals surface area contributed by atoms with E-state index in [0.29, 0.717) is 18.0 Å². The van der Waals surface area contributed by atoms with E-state index in [2.05, 4.69) is 29.6 Å². The molecule has 1 aromatic rings. The van der Waals surface area contributed by atoms with Crippen LogP contribution in [0, 0.1) is 0 Å². The highest BCUT2D eigenvalue weighted by Gasteiger charge is 2.05. The van der Waals surface area contributed by atoms with Crippen molar-refractivity contribution in [2.75, 3.05) is 46.2 Å². The highest BCUT2D eigenvalue weighted by Crippen LogP contribution is 2.22. The summed E-state index contributed by atoms with van der Waals surface area (Å²) < 4.78 is 5.19. The summed E-state index contributed by atoms with van der Waals surface area (Å²) in [5.41, 5.74) is 0.703. The van der Waals surface area contributed by atoms with Crippen LogP contribution in [0.5, 0.6) is 5.75 Å². The number of benzene rings is 1. The first-order valence-corrected chi connectivity index (χ1v) is 6.92. The molecule has 1 aromatic carbocycles. The van der Waals surface area contributed by atoms with Gasteiger partial charge in [0.05, 0.1) is 19.3 Å². The predicted molar refractivity (Wildman–Crippen MR) is 82.3 cm³/mol. The number of hydrogen-bond acceptors (Lipinski definition) is 4. The zero-order chi connectivity index (χ0) is 14.8. The third kappa shape index (κ3) is 6.54. The van der Waals surface area contributed by atoms with E-state index in [9.17, 15) is 4.79 Å². The van der Waals surface area contributed by atoms with Gasteiger partial charge >= 0.3 is 0 Å². The van der Waals surface area contributed by atoms with Crippen molar-refractivity contribution >= 4 is 11.6 Å². The molecule has 0 aliphatic rings. The number of ether oxygens (including phenoxy) is 1. The molecule has 5 nitrogen and oxygen atoms in total. The first-order chi connectivity index (χ1) is 9.63. The minimum atomic E-state index is -0.0536. The lowest BCUT2D eigenvalue weighted by Crippen LogP contribution is -2.29. The van der Waals surface area contributed by atoms with Gasteiger partial charge in [-0.15, -0.1) is 0 Å². The molecular formula is C15H25N3O2. The number of carbonyl (C=O) groups excluding carboxylic acids is 1. The third-order valence-electron chi connectivity index (χ3n) is 2.88. The summed E-state index contributed by atoms with van der Waals surface area (Å²) in [6.45, 7) is 2.25. The number of rotatable bonds is 9. The van der Waals surface area contributed by atoms with Crippen molar-refractivity contribution in [2.24, 2.45) is 0 Å². The van der Waals surface area contributed by atoms with Gasteiger partial charge in [-0.1, -0.05) is 12.1 Å². The largest absolute Gasteiger partial charge is 0.495 e. The van der Waals surface area contributed by atoms with Gasteiger partial charge in [-0.25, -0.2) is 0 Å². The van der Waals surface area contributed by atoms with Crippen LogP contribution < -0.4 is 15.4 Å². The van der Waals surface area contributed by atoms with Crippen molar-refractivity contribution in [3.05, 3.63) is 24.3 Å². The number of hydrogen-bond donors (Lipinski definition) is 2. The Hall–Kier alpha value is -1.59. The lowest BCUT2D eigenvalue weighted by atomic mass is 10.3. The van der Waals surface area contributed by atoms with Gasteiger partial charge in [0.15, 0.2) is 0 Å². The minimum absolute atomic E-state index is 0.0536. The first-order valence-electron chi connectivity index (χ1n) is 6.92. The minimum Gasteiger partial charge on any atom is -0.495 e. The quantitative estimate of drug-likeness (QED) is 0.674. The highest BCUT2D eigenvalue weighted by atomic mass is 16.5. The Morgan fingerprint density at radius 3 is 2.70 bits per heavy atom. The molecule has 0 bridgehead atoms. The molecule has 0 unspecified atom stereocenters. The standard InChI is InChI=1S/C15H25N3O2/c1-18(2)11-7-6-10-16-12-15(19)17-13-8-4-5-9-14(13)20-3/h4-5,8-9,16H,6-7,10-12H2,1-3H3,(H,17,19). The number of amides is 1. The molecular weight excluding hydrogens is 254 g/mol. The second-order valence-corrected chi connectivity index (χ2v) is 4.94. The lowest BCUT2D eigenvalue weighted by molar-refractivity contribution is -0.115.